The Kier molecular flexibility index (Phi) is 4.87. The van der Waals surface area contributed by atoms with Crippen LogP contribution in [0.15, 0.2) is 8.83 Å². The van der Waals surface area contributed by atoms with Crippen molar-refractivity contribution in [3.63, 3.8) is 0 Å². The van der Waals surface area contributed by atoms with Crippen LogP contribution in [0, 0.1) is 13.8 Å². The minimum atomic E-state index is -0.190. The fourth-order valence-electron chi connectivity index (χ4n) is 4.15. The number of carbonyl (C=O) groups excluding carboxylic acids is 2. The van der Waals surface area contributed by atoms with E-state index in [2.05, 4.69) is 20.6 Å². The number of rotatable bonds is 6. The van der Waals surface area contributed by atoms with Gasteiger partial charge in [-0.25, -0.2) is 9.97 Å². The van der Waals surface area contributed by atoms with E-state index < -0.39 is 0 Å². The molecule has 2 heterocycles. The molecule has 2 aromatic rings. The predicted octanol–water partition coefficient (Wildman–Crippen LogP) is 3.51. The van der Waals surface area contributed by atoms with Crippen LogP contribution in [0.3, 0.4) is 0 Å². The Labute approximate surface area is 175 Å². The molecule has 0 aromatic carbocycles. The molecular formula is C22H28N4O4. The molecule has 2 N–H and O–H groups in total. The van der Waals surface area contributed by atoms with E-state index in [1.165, 1.54) is 0 Å². The van der Waals surface area contributed by atoms with Gasteiger partial charge in [0.05, 0.1) is 11.4 Å². The number of hydrogen-bond acceptors (Lipinski definition) is 6. The normalized spacial score (nSPS) is 23.9. The van der Waals surface area contributed by atoms with Gasteiger partial charge in [-0.15, -0.1) is 0 Å². The van der Waals surface area contributed by atoms with Gasteiger partial charge in [-0.05, 0) is 65.2 Å². The number of nitrogens with zero attached hydrogens (tertiary/aromatic N) is 2. The van der Waals surface area contributed by atoms with Crippen molar-refractivity contribution < 1.29 is 18.4 Å². The maximum absolute atomic E-state index is 12.6. The first-order valence-corrected chi connectivity index (χ1v) is 11.0. The van der Waals surface area contributed by atoms with Crippen molar-refractivity contribution in [2.75, 3.05) is 0 Å². The highest BCUT2D eigenvalue weighted by atomic mass is 16.4. The zero-order valence-corrected chi connectivity index (χ0v) is 17.5. The first-order valence-electron chi connectivity index (χ1n) is 11.0. The highest BCUT2D eigenvalue weighted by Gasteiger charge is 2.33. The van der Waals surface area contributed by atoms with E-state index in [1.54, 1.807) is 0 Å². The van der Waals surface area contributed by atoms with E-state index in [1.807, 2.05) is 13.8 Å². The first-order chi connectivity index (χ1) is 14.5. The second kappa shape index (κ2) is 7.56. The van der Waals surface area contributed by atoms with Crippen LogP contribution in [-0.2, 0) is 0 Å². The number of amides is 2. The molecule has 0 bridgehead atoms. The average Bonchev–Trinajstić information content (AvgIpc) is 3.65. The van der Waals surface area contributed by atoms with Crippen LogP contribution >= 0.6 is 0 Å². The summed E-state index contributed by atoms with van der Waals surface area (Å²) in [5.41, 5.74) is 1.31. The molecule has 0 aliphatic heterocycles. The number of oxazole rings is 2. The van der Waals surface area contributed by atoms with Gasteiger partial charge in [0, 0.05) is 23.9 Å². The van der Waals surface area contributed by atoms with Crippen molar-refractivity contribution in [3.8, 4) is 0 Å². The Morgan fingerprint density at radius 3 is 1.40 bits per heavy atom. The second-order valence-corrected chi connectivity index (χ2v) is 8.98. The van der Waals surface area contributed by atoms with Crippen LogP contribution in [-0.4, -0.2) is 33.9 Å². The summed E-state index contributed by atoms with van der Waals surface area (Å²) in [6, 6.07) is 0.154. The van der Waals surface area contributed by atoms with Crippen molar-refractivity contribution in [3.05, 3.63) is 34.7 Å². The molecule has 0 saturated heterocycles. The molecule has 0 atom stereocenters. The molecule has 160 valence electrons. The average molecular weight is 412 g/mol. The third-order valence-corrected chi connectivity index (χ3v) is 6.29. The summed E-state index contributed by atoms with van der Waals surface area (Å²) in [5.74, 6) is 2.44. The standard InChI is InChI=1S/C22H28N4O4/c1-11-17(29-21(23-11)13-3-4-13)19(27)25-15-7-9-16(10-8-15)26-20(28)18-12(2)24-22(30-18)14-5-6-14/h13-16H,3-10H2,1-2H3,(H,25,27)(H,26,28). The summed E-state index contributed by atoms with van der Waals surface area (Å²) in [6.07, 6.45) is 7.59. The molecule has 3 aliphatic rings. The Morgan fingerprint density at radius 2 is 1.07 bits per heavy atom. The molecule has 3 fully saturated rings. The van der Waals surface area contributed by atoms with Crippen LogP contribution in [0.1, 0.15) is 107 Å². The summed E-state index contributed by atoms with van der Waals surface area (Å²) in [7, 11) is 0. The molecular weight excluding hydrogens is 384 g/mol. The Morgan fingerprint density at radius 1 is 0.700 bits per heavy atom. The zero-order valence-electron chi connectivity index (χ0n) is 17.5. The lowest BCUT2D eigenvalue weighted by atomic mass is 9.91. The number of nitrogens with one attached hydrogen (secondary N) is 2. The minimum Gasteiger partial charge on any atom is -0.435 e. The van der Waals surface area contributed by atoms with Crippen LogP contribution in [0.5, 0.6) is 0 Å². The Balaban J connectivity index is 1.12. The zero-order chi connectivity index (χ0) is 20.8. The van der Waals surface area contributed by atoms with Gasteiger partial charge >= 0.3 is 0 Å². The summed E-state index contributed by atoms with van der Waals surface area (Å²) in [5, 5.41) is 6.14. The number of hydrogen-bond donors (Lipinski definition) is 2. The van der Waals surface area contributed by atoms with Crippen LogP contribution < -0.4 is 10.6 Å². The van der Waals surface area contributed by atoms with E-state index in [0.29, 0.717) is 46.5 Å². The highest BCUT2D eigenvalue weighted by molar-refractivity contribution is 5.93. The summed E-state index contributed by atoms with van der Waals surface area (Å²) in [6.45, 7) is 3.63. The summed E-state index contributed by atoms with van der Waals surface area (Å²) in [4.78, 5) is 34.0. The Bertz CT molecular complexity index is 884. The van der Waals surface area contributed by atoms with Gasteiger partial charge in [0.25, 0.3) is 11.8 Å². The highest BCUT2D eigenvalue weighted by Crippen LogP contribution is 2.40. The van der Waals surface area contributed by atoms with Crippen molar-refractivity contribution >= 4 is 11.8 Å². The van der Waals surface area contributed by atoms with Crippen molar-refractivity contribution in [2.45, 2.75) is 89.1 Å². The summed E-state index contributed by atoms with van der Waals surface area (Å²) < 4.78 is 11.4. The van der Waals surface area contributed by atoms with E-state index in [9.17, 15) is 9.59 Å². The number of aryl methyl sites for hydroxylation is 2. The lowest BCUT2D eigenvalue weighted by molar-refractivity contribution is 0.0861. The van der Waals surface area contributed by atoms with Gasteiger partial charge in [-0.2, -0.15) is 0 Å². The molecule has 8 nitrogen and oxygen atoms in total. The number of aromatic nitrogens is 2. The third-order valence-electron chi connectivity index (χ3n) is 6.29. The maximum Gasteiger partial charge on any atom is 0.289 e. The van der Waals surface area contributed by atoms with Gasteiger partial charge in [0.15, 0.2) is 11.8 Å². The Hall–Kier alpha value is -2.64. The predicted molar refractivity (Wildman–Crippen MR) is 107 cm³/mol. The van der Waals surface area contributed by atoms with Gasteiger partial charge in [0.2, 0.25) is 11.5 Å². The van der Waals surface area contributed by atoms with E-state index >= 15 is 0 Å². The quantitative estimate of drug-likeness (QED) is 0.751. The van der Waals surface area contributed by atoms with Gasteiger partial charge in [-0.3, -0.25) is 9.59 Å². The minimum absolute atomic E-state index is 0.0769. The van der Waals surface area contributed by atoms with E-state index in [-0.39, 0.29) is 23.9 Å². The molecule has 3 saturated carbocycles. The molecule has 8 heteroatoms. The van der Waals surface area contributed by atoms with Gasteiger partial charge in [-0.1, -0.05) is 0 Å². The molecule has 2 amide bonds. The van der Waals surface area contributed by atoms with Crippen molar-refractivity contribution in [2.24, 2.45) is 0 Å². The van der Waals surface area contributed by atoms with Crippen molar-refractivity contribution in [1.29, 1.82) is 0 Å². The van der Waals surface area contributed by atoms with Crippen LogP contribution in [0.2, 0.25) is 0 Å². The lowest BCUT2D eigenvalue weighted by Crippen LogP contribution is -2.43. The topological polar surface area (TPSA) is 110 Å². The first kappa shape index (κ1) is 19.3. The lowest BCUT2D eigenvalue weighted by Gasteiger charge is -2.29. The fourth-order valence-corrected chi connectivity index (χ4v) is 4.15. The molecule has 3 aliphatic carbocycles. The van der Waals surface area contributed by atoms with Crippen LogP contribution in [0.4, 0.5) is 0 Å². The third kappa shape index (κ3) is 4.00. The van der Waals surface area contributed by atoms with Gasteiger partial charge < -0.3 is 19.5 Å². The number of carbonyl (C=O) groups is 2. The smallest absolute Gasteiger partial charge is 0.289 e. The molecule has 30 heavy (non-hydrogen) atoms. The fraction of sp³-hybridized carbons (Fsp3) is 0.636. The molecule has 0 spiro atoms. The molecule has 5 rings (SSSR count). The van der Waals surface area contributed by atoms with Gasteiger partial charge in [0.1, 0.15) is 0 Å². The molecule has 2 aromatic heterocycles. The van der Waals surface area contributed by atoms with Crippen LogP contribution in [0.25, 0.3) is 0 Å². The molecule has 0 unspecified atom stereocenters. The molecule has 0 radical (unpaired) electrons. The van der Waals surface area contributed by atoms with E-state index in [0.717, 1.165) is 51.4 Å². The van der Waals surface area contributed by atoms with E-state index in [4.69, 9.17) is 8.83 Å². The monoisotopic (exact) mass is 412 g/mol. The van der Waals surface area contributed by atoms with Crippen molar-refractivity contribution in [1.82, 2.24) is 20.6 Å². The summed E-state index contributed by atoms with van der Waals surface area (Å²) >= 11 is 0. The second-order valence-electron chi connectivity index (χ2n) is 8.98. The SMILES string of the molecule is Cc1nc(C2CC2)oc1C(=O)NC1CCC(NC(=O)c2oc(C3CC3)nc2C)CC1. The largest absolute Gasteiger partial charge is 0.435 e. The maximum atomic E-state index is 12.6.